The zero-order chi connectivity index (χ0) is 16.3. The Morgan fingerprint density at radius 3 is 2.74 bits per heavy atom. The van der Waals surface area contributed by atoms with E-state index in [1.54, 1.807) is 12.1 Å². The standard InChI is InChI=1S/C17H25FN2O2.ClH/c1-17(2)11-20(9-8-15(17)19)16(21)7-5-12-4-6-14(22-3)13(18)10-12;/h4,6,10,15H,5,7-9,11,19H2,1-3H3;1H. The lowest BCUT2D eigenvalue weighted by molar-refractivity contribution is -0.134. The Balaban J connectivity index is 0.00000264. The number of carbonyl (C=O) groups excluding carboxylic acids is 1. The van der Waals surface area contributed by atoms with Gasteiger partial charge in [-0.1, -0.05) is 19.9 Å². The average molecular weight is 345 g/mol. The molecule has 4 nitrogen and oxygen atoms in total. The van der Waals surface area contributed by atoms with Crippen LogP contribution in [0, 0.1) is 11.2 Å². The van der Waals surface area contributed by atoms with Crippen LogP contribution in [0.4, 0.5) is 4.39 Å². The summed E-state index contributed by atoms with van der Waals surface area (Å²) in [7, 11) is 1.43. The normalized spacial score (nSPS) is 19.9. The van der Waals surface area contributed by atoms with E-state index in [0.717, 1.165) is 12.0 Å². The minimum absolute atomic E-state index is 0. The Kier molecular flexibility index (Phi) is 6.84. The number of amides is 1. The third-order valence-corrected chi connectivity index (χ3v) is 4.51. The van der Waals surface area contributed by atoms with E-state index in [0.29, 0.717) is 25.9 Å². The quantitative estimate of drug-likeness (QED) is 0.913. The molecule has 1 heterocycles. The van der Waals surface area contributed by atoms with Gasteiger partial charge in [-0.05, 0) is 36.0 Å². The number of hydrogen-bond donors (Lipinski definition) is 1. The van der Waals surface area contributed by atoms with Gasteiger partial charge in [0, 0.05) is 25.6 Å². The van der Waals surface area contributed by atoms with Crippen LogP contribution in [0.3, 0.4) is 0 Å². The highest BCUT2D eigenvalue weighted by Gasteiger charge is 2.34. The molecule has 0 radical (unpaired) electrons. The number of nitrogens with two attached hydrogens (primary N) is 1. The molecule has 1 unspecified atom stereocenters. The van der Waals surface area contributed by atoms with Crippen molar-refractivity contribution in [3.8, 4) is 5.75 Å². The zero-order valence-electron chi connectivity index (χ0n) is 14.0. The van der Waals surface area contributed by atoms with Crippen LogP contribution in [0.25, 0.3) is 0 Å². The molecule has 1 atom stereocenters. The SMILES string of the molecule is COc1ccc(CCC(=O)N2CCC(N)C(C)(C)C2)cc1F.Cl. The first-order chi connectivity index (χ1) is 10.3. The van der Waals surface area contributed by atoms with Crippen molar-refractivity contribution in [2.45, 2.75) is 39.2 Å². The molecule has 1 aromatic rings. The average Bonchev–Trinajstić information content (AvgIpc) is 2.47. The summed E-state index contributed by atoms with van der Waals surface area (Å²) >= 11 is 0. The molecule has 1 amide bonds. The number of piperidine rings is 1. The van der Waals surface area contributed by atoms with Gasteiger partial charge in [-0.2, -0.15) is 0 Å². The summed E-state index contributed by atoms with van der Waals surface area (Å²) in [6.45, 7) is 5.58. The fraction of sp³-hybridized carbons (Fsp3) is 0.588. The van der Waals surface area contributed by atoms with Gasteiger partial charge in [0.05, 0.1) is 7.11 Å². The highest BCUT2D eigenvalue weighted by Crippen LogP contribution is 2.28. The maximum atomic E-state index is 13.6. The van der Waals surface area contributed by atoms with Gasteiger partial charge in [0.25, 0.3) is 0 Å². The van der Waals surface area contributed by atoms with Crippen molar-refractivity contribution in [3.63, 3.8) is 0 Å². The van der Waals surface area contributed by atoms with Crippen LogP contribution >= 0.6 is 12.4 Å². The molecule has 0 spiro atoms. The number of likely N-dealkylation sites (tertiary alicyclic amines) is 1. The lowest BCUT2D eigenvalue weighted by Gasteiger charge is -2.42. The van der Waals surface area contributed by atoms with E-state index < -0.39 is 5.82 Å². The highest BCUT2D eigenvalue weighted by molar-refractivity contribution is 5.85. The number of halogens is 2. The third kappa shape index (κ3) is 4.82. The molecule has 23 heavy (non-hydrogen) atoms. The summed E-state index contributed by atoms with van der Waals surface area (Å²) < 4.78 is 18.5. The summed E-state index contributed by atoms with van der Waals surface area (Å²) in [6, 6.07) is 4.96. The number of ether oxygens (including phenoxy) is 1. The van der Waals surface area contributed by atoms with E-state index in [9.17, 15) is 9.18 Å². The number of hydrogen-bond acceptors (Lipinski definition) is 3. The van der Waals surface area contributed by atoms with Crippen LogP contribution in [-0.2, 0) is 11.2 Å². The first-order valence-corrected chi connectivity index (χ1v) is 7.69. The molecule has 1 aliphatic rings. The molecular formula is C17H26ClFN2O2. The Morgan fingerprint density at radius 1 is 1.48 bits per heavy atom. The van der Waals surface area contributed by atoms with Crippen molar-refractivity contribution < 1.29 is 13.9 Å². The minimum Gasteiger partial charge on any atom is -0.494 e. The second kappa shape index (κ2) is 7.97. The number of benzene rings is 1. The van der Waals surface area contributed by atoms with Crippen LogP contribution in [0.5, 0.6) is 5.75 Å². The van der Waals surface area contributed by atoms with Gasteiger partial charge in [-0.25, -0.2) is 4.39 Å². The van der Waals surface area contributed by atoms with Crippen molar-refractivity contribution in [1.29, 1.82) is 0 Å². The predicted octanol–water partition coefficient (Wildman–Crippen LogP) is 2.77. The summed E-state index contributed by atoms with van der Waals surface area (Å²) in [5.41, 5.74) is 6.84. The molecule has 1 aliphatic heterocycles. The van der Waals surface area contributed by atoms with Crippen LogP contribution in [-0.4, -0.2) is 37.0 Å². The Morgan fingerprint density at radius 2 is 2.17 bits per heavy atom. The molecule has 0 aromatic heterocycles. The Hall–Kier alpha value is -1.33. The Labute approximate surface area is 143 Å². The van der Waals surface area contributed by atoms with E-state index in [-0.39, 0.29) is 35.5 Å². The van der Waals surface area contributed by atoms with Crippen molar-refractivity contribution in [1.82, 2.24) is 4.90 Å². The van der Waals surface area contributed by atoms with E-state index in [1.807, 2.05) is 4.90 Å². The maximum absolute atomic E-state index is 13.6. The third-order valence-electron chi connectivity index (χ3n) is 4.51. The molecular weight excluding hydrogens is 319 g/mol. The maximum Gasteiger partial charge on any atom is 0.222 e. The molecule has 1 fully saturated rings. The van der Waals surface area contributed by atoms with Crippen LogP contribution < -0.4 is 10.5 Å². The molecule has 2 rings (SSSR count). The summed E-state index contributed by atoms with van der Waals surface area (Å²) in [5.74, 6) is -0.0597. The largest absolute Gasteiger partial charge is 0.494 e. The minimum atomic E-state index is -0.391. The smallest absolute Gasteiger partial charge is 0.222 e. The monoisotopic (exact) mass is 344 g/mol. The lowest BCUT2D eigenvalue weighted by atomic mass is 9.79. The lowest BCUT2D eigenvalue weighted by Crippen LogP contribution is -2.54. The highest BCUT2D eigenvalue weighted by atomic mass is 35.5. The molecule has 0 aliphatic carbocycles. The van der Waals surface area contributed by atoms with Crippen molar-refractivity contribution >= 4 is 18.3 Å². The summed E-state index contributed by atoms with van der Waals surface area (Å²) in [5, 5.41) is 0. The molecule has 130 valence electrons. The summed E-state index contributed by atoms with van der Waals surface area (Å²) in [6.07, 6.45) is 1.75. The van der Waals surface area contributed by atoms with Gasteiger partial charge >= 0.3 is 0 Å². The fourth-order valence-electron chi connectivity index (χ4n) is 2.86. The van der Waals surface area contributed by atoms with Crippen molar-refractivity contribution in [2.24, 2.45) is 11.1 Å². The molecule has 2 N–H and O–H groups in total. The van der Waals surface area contributed by atoms with Crippen LogP contribution in [0.15, 0.2) is 18.2 Å². The van der Waals surface area contributed by atoms with Gasteiger partial charge in [-0.3, -0.25) is 4.79 Å². The van der Waals surface area contributed by atoms with Gasteiger partial charge in [0.2, 0.25) is 5.91 Å². The molecule has 6 heteroatoms. The first kappa shape index (κ1) is 19.7. The molecule has 1 saturated heterocycles. The first-order valence-electron chi connectivity index (χ1n) is 7.69. The number of carbonyl (C=O) groups is 1. The number of rotatable bonds is 4. The van der Waals surface area contributed by atoms with Crippen LogP contribution in [0.1, 0.15) is 32.3 Å². The van der Waals surface area contributed by atoms with E-state index >= 15 is 0 Å². The zero-order valence-corrected chi connectivity index (χ0v) is 14.8. The molecule has 0 saturated carbocycles. The fourth-order valence-corrected chi connectivity index (χ4v) is 2.86. The predicted molar refractivity (Wildman–Crippen MR) is 91.5 cm³/mol. The second-order valence-electron chi connectivity index (χ2n) is 6.67. The van der Waals surface area contributed by atoms with Gasteiger partial charge in [0.15, 0.2) is 11.6 Å². The summed E-state index contributed by atoms with van der Waals surface area (Å²) in [4.78, 5) is 14.2. The second-order valence-corrected chi connectivity index (χ2v) is 6.67. The van der Waals surface area contributed by atoms with Crippen molar-refractivity contribution in [3.05, 3.63) is 29.6 Å². The Bertz CT molecular complexity index is 551. The number of aryl methyl sites for hydroxylation is 1. The van der Waals surface area contributed by atoms with Gasteiger partial charge in [0.1, 0.15) is 0 Å². The van der Waals surface area contributed by atoms with E-state index in [2.05, 4.69) is 13.8 Å². The topological polar surface area (TPSA) is 55.6 Å². The van der Waals surface area contributed by atoms with Crippen molar-refractivity contribution in [2.75, 3.05) is 20.2 Å². The van der Waals surface area contributed by atoms with Crippen LogP contribution in [0.2, 0.25) is 0 Å². The molecule has 1 aromatic carbocycles. The van der Waals surface area contributed by atoms with Gasteiger partial charge < -0.3 is 15.4 Å². The van der Waals surface area contributed by atoms with E-state index in [4.69, 9.17) is 10.5 Å². The van der Waals surface area contributed by atoms with E-state index in [1.165, 1.54) is 13.2 Å². The number of nitrogens with zero attached hydrogens (tertiary/aromatic N) is 1. The van der Waals surface area contributed by atoms with Gasteiger partial charge in [-0.15, -0.1) is 12.4 Å². The molecule has 0 bridgehead atoms. The number of methoxy groups -OCH3 is 1.